The van der Waals surface area contributed by atoms with E-state index in [1.165, 1.54) is 9.87 Å². The first-order valence-corrected chi connectivity index (χ1v) is 12.9. The minimum absolute atomic E-state index is 0.0116. The molecule has 0 atom stereocenters. The Morgan fingerprint density at radius 1 is 0.844 bits per heavy atom. The molecule has 0 aliphatic rings. The van der Waals surface area contributed by atoms with Crippen molar-refractivity contribution >= 4 is 15.9 Å². The summed E-state index contributed by atoms with van der Waals surface area (Å²) in [5.41, 5.74) is 3.32. The molecule has 0 aliphatic heterocycles. The highest BCUT2D eigenvalue weighted by atomic mass is 32.2. The predicted molar refractivity (Wildman–Crippen MR) is 130 cm³/mol. The van der Waals surface area contributed by atoms with E-state index >= 15 is 0 Å². The molecule has 0 fully saturated rings. The highest BCUT2D eigenvalue weighted by molar-refractivity contribution is 7.89. The van der Waals surface area contributed by atoms with Gasteiger partial charge in [0.25, 0.3) is 0 Å². The minimum atomic E-state index is -3.45. The Morgan fingerprint density at radius 3 is 2.00 bits per heavy atom. The van der Waals surface area contributed by atoms with Gasteiger partial charge in [0.15, 0.2) is 0 Å². The quantitative estimate of drug-likeness (QED) is 0.495. The number of nitrogens with zero attached hydrogens (tertiary/aromatic N) is 2. The summed E-state index contributed by atoms with van der Waals surface area (Å²) in [7, 11) is -3.45. The van der Waals surface area contributed by atoms with Gasteiger partial charge in [-0.3, -0.25) is 9.69 Å². The topological polar surface area (TPSA) is 69.7 Å². The molecule has 0 spiro atoms. The van der Waals surface area contributed by atoms with Crippen LogP contribution < -0.4 is 5.32 Å². The van der Waals surface area contributed by atoms with Gasteiger partial charge in [-0.25, -0.2) is 8.42 Å². The highest BCUT2D eigenvalue weighted by Crippen LogP contribution is 2.17. The fraction of sp³-hybridized carbons (Fsp3) is 0.480. The number of carbonyl (C=O) groups excluding carboxylic acids is 1. The Morgan fingerprint density at radius 2 is 1.44 bits per heavy atom. The number of hydrogen-bond acceptors (Lipinski definition) is 4. The molecule has 0 aromatic heterocycles. The van der Waals surface area contributed by atoms with Crippen LogP contribution in [0.1, 0.15) is 50.8 Å². The number of benzene rings is 2. The van der Waals surface area contributed by atoms with Crippen molar-refractivity contribution in [2.24, 2.45) is 0 Å². The summed E-state index contributed by atoms with van der Waals surface area (Å²) < 4.78 is 26.6. The molecule has 0 saturated carbocycles. The van der Waals surface area contributed by atoms with Gasteiger partial charge in [0.05, 0.1) is 4.90 Å². The lowest BCUT2D eigenvalue weighted by atomic mass is 10.1. The van der Waals surface area contributed by atoms with Crippen LogP contribution in [0.2, 0.25) is 0 Å². The zero-order valence-electron chi connectivity index (χ0n) is 19.8. The van der Waals surface area contributed by atoms with Crippen molar-refractivity contribution in [1.29, 1.82) is 0 Å². The molecule has 6 nitrogen and oxygen atoms in total. The third kappa shape index (κ3) is 7.15. The zero-order chi connectivity index (χ0) is 23.6. The molecule has 0 bridgehead atoms. The summed E-state index contributed by atoms with van der Waals surface area (Å²) in [6, 6.07) is 15.1. The monoisotopic (exact) mass is 459 g/mol. The van der Waals surface area contributed by atoms with Gasteiger partial charge >= 0.3 is 0 Å². The number of sulfonamides is 1. The van der Waals surface area contributed by atoms with Crippen LogP contribution in [0.4, 0.5) is 0 Å². The van der Waals surface area contributed by atoms with E-state index in [0.717, 1.165) is 30.8 Å². The molecule has 0 unspecified atom stereocenters. The third-order valence-corrected chi connectivity index (χ3v) is 7.85. The molecular weight excluding hydrogens is 422 g/mol. The second kappa shape index (κ2) is 12.7. The van der Waals surface area contributed by atoms with Crippen molar-refractivity contribution in [3.8, 4) is 0 Å². The number of aryl methyl sites for hydroxylation is 1. The van der Waals surface area contributed by atoms with E-state index in [9.17, 15) is 13.2 Å². The van der Waals surface area contributed by atoms with E-state index in [4.69, 9.17) is 0 Å². The van der Waals surface area contributed by atoms with Gasteiger partial charge < -0.3 is 5.32 Å². The molecule has 2 aromatic carbocycles. The van der Waals surface area contributed by atoms with Crippen molar-refractivity contribution in [1.82, 2.24) is 14.5 Å². The smallest absolute Gasteiger partial charge is 0.243 e. The highest BCUT2D eigenvalue weighted by Gasteiger charge is 2.21. The summed E-state index contributed by atoms with van der Waals surface area (Å²) in [6.07, 6.45) is 0.929. The zero-order valence-corrected chi connectivity index (χ0v) is 20.6. The number of carbonyl (C=O) groups is 1. The molecular formula is C25H37N3O3S. The molecule has 0 radical (unpaired) electrons. The van der Waals surface area contributed by atoms with E-state index in [0.29, 0.717) is 37.4 Å². The van der Waals surface area contributed by atoms with Crippen LogP contribution >= 0.6 is 0 Å². The summed E-state index contributed by atoms with van der Waals surface area (Å²) in [5, 5.41) is 3.02. The van der Waals surface area contributed by atoms with Gasteiger partial charge in [0.2, 0.25) is 15.9 Å². The van der Waals surface area contributed by atoms with Crippen LogP contribution in [-0.4, -0.2) is 49.7 Å². The molecule has 1 amide bonds. The normalized spacial score (nSPS) is 11.8. The molecule has 0 saturated heterocycles. The van der Waals surface area contributed by atoms with Crippen LogP contribution in [0.5, 0.6) is 0 Å². The largest absolute Gasteiger partial charge is 0.352 e. The van der Waals surface area contributed by atoms with Crippen LogP contribution in [0.3, 0.4) is 0 Å². The Labute approximate surface area is 193 Å². The van der Waals surface area contributed by atoms with Crippen molar-refractivity contribution in [2.45, 2.75) is 58.5 Å². The lowest BCUT2D eigenvalue weighted by Gasteiger charge is -2.20. The van der Waals surface area contributed by atoms with Crippen molar-refractivity contribution in [3.05, 3.63) is 65.2 Å². The van der Waals surface area contributed by atoms with E-state index in [-0.39, 0.29) is 5.91 Å². The van der Waals surface area contributed by atoms with Crippen LogP contribution in [-0.2, 0) is 34.3 Å². The van der Waals surface area contributed by atoms with Gasteiger partial charge in [-0.2, -0.15) is 4.31 Å². The first-order valence-electron chi connectivity index (χ1n) is 11.5. The molecule has 2 rings (SSSR count). The maximum absolute atomic E-state index is 12.6. The molecule has 176 valence electrons. The maximum atomic E-state index is 12.6. The Bertz CT molecular complexity index is 951. The van der Waals surface area contributed by atoms with E-state index in [1.807, 2.05) is 26.0 Å². The van der Waals surface area contributed by atoms with E-state index < -0.39 is 10.0 Å². The van der Waals surface area contributed by atoms with Crippen molar-refractivity contribution in [2.75, 3.05) is 26.2 Å². The number of rotatable bonds is 13. The van der Waals surface area contributed by atoms with Gasteiger partial charge in [-0.15, -0.1) is 0 Å². The molecule has 2 aromatic rings. The second-order valence-corrected chi connectivity index (χ2v) is 9.68. The summed E-state index contributed by atoms with van der Waals surface area (Å²) in [4.78, 5) is 15.0. The van der Waals surface area contributed by atoms with Crippen LogP contribution in [0, 0.1) is 0 Å². The molecule has 7 heteroatoms. The Hall–Kier alpha value is -2.22. The minimum Gasteiger partial charge on any atom is -0.352 e. The average Bonchev–Trinajstić information content (AvgIpc) is 2.81. The number of hydrogen-bond donors (Lipinski definition) is 1. The Kier molecular flexibility index (Phi) is 10.4. The SMILES string of the molecule is CCN(CC)Cc1ccccc1CNC(=O)CCc1ccc(S(=O)(=O)N(CC)CC)cc1. The maximum Gasteiger partial charge on any atom is 0.243 e. The fourth-order valence-corrected chi connectivity index (χ4v) is 5.11. The summed E-state index contributed by atoms with van der Waals surface area (Å²) in [6.45, 7) is 12.2. The van der Waals surface area contributed by atoms with E-state index in [2.05, 4.69) is 36.2 Å². The summed E-state index contributed by atoms with van der Waals surface area (Å²) in [5.74, 6) is -0.0116. The lowest BCUT2D eigenvalue weighted by molar-refractivity contribution is -0.121. The molecule has 0 aliphatic carbocycles. The van der Waals surface area contributed by atoms with Gasteiger partial charge in [-0.1, -0.05) is 64.1 Å². The first kappa shape index (κ1) is 26.0. The first-order chi connectivity index (χ1) is 15.3. The molecule has 32 heavy (non-hydrogen) atoms. The van der Waals surface area contributed by atoms with Crippen molar-refractivity contribution in [3.63, 3.8) is 0 Å². The predicted octanol–water partition coefficient (Wildman–Crippen LogP) is 3.81. The average molecular weight is 460 g/mol. The second-order valence-electron chi connectivity index (χ2n) is 7.74. The van der Waals surface area contributed by atoms with Gasteiger partial charge in [-0.05, 0) is 48.3 Å². The number of amides is 1. The molecule has 0 heterocycles. The van der Waals surface area contributed by atoms with Gasteiger partial charge in [0.1, 0.15) is 0 Å². The standard InChI is InChI=1S/C25H37N3O3S/c1-5-27(6-2)20-23-12-10-9-11-22(23)19-26-25(29)18-15-21-13-16-24(17-14-21)32(30,31)28(7-3)8-4/h9-14,16-17H,5-8,15,18-20H2,1-4H3,(H,26,29). The summed E-state index contributed by atoms with van der Waals surface area (Å²) >= 11 is 0. The number of nitrogens with one attached hydrogen (secondary N) is 1. The van der Waals surface area contributed by atoms with E-state index in [1.54, 1.807) is 24.3 Å². The van der Waals surface area contributed by atoms with Crippen molar-refractivity contribution < 1.29 is 13.2 Å². The molecule has 1 N–H and O–H groups in total. The lowest BCUT2D eigenvalue weighted by Crippen LogP contribution is -2.30. The van der Waals surface area contributed by atoms with Gasteiger partial charge in [0, 0.05) is 32.6 Å². The van der Waals surface area contributed by atoms with Crippen LogP contribution in [0.25, 0.3) is 0 Å². The fourth-order valence-electron chi connectivity index (χ4n) is 3.65. The third-order valence-electron chi connectivity index (χ3n) is 5.79. The Balaban J connectivity index is 1.90. The van der Waals surface area contributed by atoms with Crippen LogP contribution in [0.15, 0.2) is 53.4 Å².